The molecule has 1 heterocycles. The van der Waals surface area contributed by atoms with Crippen molar-refractivity contribution in [3.05, 3.63) is 48.0 Å². The van der Waals surface area contributed by atoms with Crippen molar-refractivity contribution in [2.75, 3.05) is 40.0 Å². The first-order valence-electron chi connectivity index (χ1n) is 15.9. The lowest BCUT2D eigenvalue weighted by Gasteiger charge is -2.71. The van der Waals surface area contributed by atoms with Crippen LogP contribution in [0.2, 0.25) is 0 Å². The van der Waals surface area contributed by atoms with Crippen molar-refractivity contribution in [1.82, 2.24) is 4.90 Å². The predicted molar refractivity (Wildman–Crippen MR) is 158 cm³/mol. The molecule has 42 heavy (non-hydrogen) atoms. The maximum Gasteiger partial charge on any atom is 0.224 e. The van der Waals surface area contributed by atoms with Gasteiger partial charge < -0.3 is 29.6 Å². The molecule has 3 fully saturated rings. The maximum atomic E-state index is 14.3. The van der Waals surface area contributed by atoms with E-state index in [9.17, 15) is 25.2 Å². The van der Waals surface area contributed by atoms with Crippen LogP contribution in [-0.2, 0) is 4.74 Å². The summed E-state index contributed by atoms with van der Waals surface area (Å²) in [7, 11) is 1.67. The van der Waals surface area contributed by atoms with Gasteiger partial charge in [-0.1, -0.05) is 32.1 Å². The minimum Gasteiger partial charge on any atom is -0.461 e. The summed E-state index contributed by atoms with van der Waals surface area (Å²) in [5.74, 6) is 0.520. The first-order chi connectivity index (χ1) is 20.0. The third-order valence-corrected chi connectivity index (χ3v) is 12.7. The highest BCUT2D eigenvalue weighted by Crippen LogP contribution is 2.78. The molecule has 6 aliphatic rings. The molecule has 1 aromatic rings. The van der Waals surface area contributed by atoms with E-state index < -0.39 is 28.6 Å². The SMILES string of the molecule is COCCCN(C[C@H](O)CO)C[C@]1(O)CC[C@H]2[C@]34C=C[C@@]5(C=C3C(=O)c3ccco3)CC(O)CC[C@]5(C)[C@H]4CC[C@@]21C. The number of hydrogen-bond donors (Lipinski definition) is 4. The number of carbonyl (C=O) groups excluding carboxylic acids is 1. The molecule has 0 radical (unpaired) electrons. The molecule has 0 aromatic carbocycles. The van der Waals surface area contributed by atoms with Crippen LogP contribution < -0.4 is 0 Å². The van der Waals surface area contributed by atoms with Crippen LogP contribution in [0.3, 0.4) is 0 Å². The van der Waals surface area contributed by atoms with E-state index in [4.69, 9.17) is 9.15 Å². The Bertz CT molecular complexity index is 1230. The highest BCUT2D eigenvalue weighted by Gasteiger charge is 2.74. The number of aliphatic hydroxyl groups is 4. The van der Waals surface area contributed by atoms with Gasteiger partial charge in [-0.15, -0.1) is 0 Å². The number of fused-ring (bicyclic) bond motifs is 1. The van der Waals surface area contributed by atoms with Gasteiger partial charge in [0.2, 0.25) is 5.78 Å². The Morgan fingerprint density at radius 2 is 1.88 bits per heavy atom. The number of allylic oxidation sites excluding steroid dienone is 4. The van der Waals surface area contributed by atoms with Crippen molar-refractivity contribution in [3.8, 4) is 0 Å². The molecule has 2 bridgehead atoms. The summed E-state index contributed by atoms with van der Waals surface area (Å²) in [4.78, 5) is 16.4. The van der Waals surface area contributed by atoms with E-state index in [1.54, 1.807) is 25.5 Å². The van der Waals surface area contributed by atoms with Crippen molar-refractivity contribution >= 4 is 5.78 Å². The van der Waals surface area contributed by atoms with E-state index in [0.29, 0.717) is 38.3 Å². The van der Waals surface area contributed by atoms with Gasteiger partial charge in [0.25, 0.3) is 0 Å². The fourth-order valence-electron chi connectivity index (χ4n) is 10.5. The number of rotatable bonds is 11. The molecule has 3 saturated carbocycles. The van der Waals surface area contributed by atoms with Gasteiger partial charge in [0, 0.05) is 55.2 Å². The van der Waals surface area contributed by atoms with E-state index in [0.717, 1.165) is 44.1 Å². The van der Waals surface area contributed by atoms with Gasteiger partial charge in [-0.2, -0.15) is 0 Å². The molecule has 6 aliphatic carbocycles. The molecule has 8 nitrogen and oxygen atoms in total. The summed E-state index contributed by atoms with van der Waals surface area (Å²) in [6, 6.07) is 3.50. The normalized spacial score (nSPS) is 42.7. The number of ether oxygens (including phenoxy) is 1. The number of hydrogen-bond acceptors (Lipinski definition) is 8. The van der Waals surface area contributed by atoms with E-state index in [2.05, 4.69) is 37.0 Å². The number of nitrogens with zero attached hydrogens (tertiary/aromatic N) is 1. The number of ketones is 1. The van der Waals surface area contributed by atoms with E-state index >= 15 is 0 Å². The molecule has 1 unspecified atom stereocenters. The van der Waals surface area contributed by atoms with Crippen LogP contribution in [0, 0.1) is 33.5 Å². The van der Waals surface area contributed by atoms with E-state index in [1.807, 2.05) is 0 Å². The Morgan fingerprint density at radius 1 is 1.14 bits per heavy atom. The fraction of sp³-hybridized carbons (Fsp3) is 0.735. The van der Waals surface area contributed by atoms with Crippen LogP contribution in [0.1, 0.15) is 75.8 Å². The summed E-state index contributed by atoms with van der Waals surface area (Å²) in [6.07, 6.45) is 13.3. The minimum atomic E-state index is -1.03. The standard InChI is InChI=1S/C34H49NO7/c1-30-10-7-23(37)18-32(30)13-14-34(25(19-32)29(39)26-6-4-17-42-26)27(30)8-11-31(2)28(34)9-12-33(31,40)22-35(15-5-16-41-3)20-24(38)21-36/h4,6,13-14,17,19,23-24,27-28,36-38,40H,5,7-12,15-16,18,20-22H2,1-3H3/t23?,24-,27+,28+,30+,31-,32-,33+,34+/m0/s1. The molecule has 0 amide bonds. The van der Waals surface area contributed by atoms with Crippen LogP contribution in [0.4, 0.5) is 0 Å². The topological polar surface area (TPSA) is 124 Å². The van der Waals surface area contributed by atoms with Crippen molar-refractivity contribution in [2.24, 2.45) is 33.5 Å². The summed E-state index contributed by atoms with van der Waals surface area (Å²) in [6.45, 7) is 6.17. The molecule has 232 valence electrons. The molecule has 1 aromatic heterocycles. The molecule has 9 atom stereocenters. The number of furan rings is 1. The van der Waals surface area contributed by atoms with Crippen molar-refractivity contribution < 1.29 is 34.4 Å². The average molecular weight is 584 g/mol. The zero-order valence-corrected chi connectivity index (χ0v) is 25.4. The largest absolute Gasteiger partial charge is 0.461 e. The molecule has 0 saturated heterocycles. The molecular formula is C34H49NO7. The lowest BCUT2D eigenvalue weighted by molar-refractivity contribution is -0.177. The lowest BCUT2D eigenvalue weighted by atomic mass is 9.32. The zero-order chi connectivity index (χ0) is 30.0. The number of methoxy groups -OCH3 is 1. The highest BCUT2D eigenvalue weighted by molar-refractivity contribution is 6.08. The van der Waals surface area contributed by atoms with Crippen molar-refractivity contribution in [2.45, 2.75) is 83.0 Å². The Hall–Kier alpha value is -1.81. The summed E-state index contributed by atoms with van der Waals surface area (Å²) in [5.41, 5.74) is -1.72. The quantitative estimate of drug-likeness (QED) is 0.177. The smallest absolute Gasteiger partial charge is 0.224 e. The minimum absolute atomic E-state index is 0.0423. The summed E-state index contributed by atoms with van der Waals surface area (Å²) in [5, 5.41) is 43.4. The monoisotopic (exact) mass is 583 g/mol. The Morgan fingerprint density at radius 3 is 2.60 bits per heavy atom. The third-order valence-electron chi connectivity index (χ3n) is 12.7. The van der Waals surface area contributed by atoms with Crippen molar-refractivity contribution in [1.29, 1.82) is 0 Å². The summed E-state index contributed by atoms with van der Waals surface area (Å²) >= 11 is 0. The Balaban J connectivity index is 1.41. The molecule has 7 rings (SSSR count). The number of aliphatic hydroxyl groups excluding tert-OH is 3. The second kappa shape index (κ2) is 10.7. The first kappa shape index (κ1) is 30.2. The van der Waals surface area contributed by atoms with Gasteiger partial charge >= 0.3 is 0 Å². The van der Waals surface area contributed by atoms with Gasteiger partial charge in [0.05, 0.1) is 30.7 Å². The second-order valence-electron chi connectivity index (χ2n) is 14.5. The van der Waals surface area contributed by atoms with Crippen LogP contribution in [0.5, 0.6) is 0 Å². The van der Waals surface area contributed by atoms with Gasteiger partial charge in [-0.05, 0) is 80.8 Å². The predicted octanol–water partition coefficient (Wildman–Crippen LogP) is 3.75. The molecule has 2 spiro atoms. The van der Waals surface area contributed by atoms with Gasteiger partial charge in [-0.25, -0.2) is 0 Å². The average Bonchev–Trinajstić information content (AvgIpc) is 3.59. The van der Waals surface area contributed by atoms with Crippen LogP contribution in [0.15, 0.2) is 46.6 Å². The van der Waals surface area contributed by atoms with Gasteiger partial charge in [0.15, 0.2) is 5.76 Å². The Labute approximate surface area is 249 Å². The van der Waals surface area contributed by atoms with Gasteiger partial charge in [0.1, 0.15) is 0 Å². The zero-order valence-electron chi connectivity index (χ0n) is 25.4. The second-order valence-corrected chi connectivity index (χ2v) is 14.5. The van der Waals surface area contributed by atoms with E-state index in [1.165, 1.54) is 0 Å². The van der Waals surface area contributed by atoms with Crippen LogP contribution in [-0.4, -0.2) is 88.9 Å². The van der Waals surface area contributed by atoms with Crippen molar-refractivity contribution in [3.63, 3.8) is 0 Å². The van der Waals surface area contributed by atoms with Crippen LogP contribution in [0.25, 0.3) is 0 Å². The first-order valence-corrected chi connectivity index (χ1v) is 15.9. The summed E-state index contributed by atoms with van der Waals surface area (Å²) < 4.78 is 10.9. The fourth-order valence-corrected chi connectivity index (χ4v) is 10.5. The highest BCUT2D eigenvalue weighted by atomic mass is 16.5. The number of carbonyl (C=O) groups is 1. The van der Waals surface area contributed by atoms with Gasteiger partial charge in [-0.3, -0.25) is 9.69 Å². The lowest BCUT2D eigenvalue weighted by Crippen LogP contribution is -2.67. The van der Waals surface area contributed by atoms with Crippen LogP contribution >= 0.6 is 0 Å². The molecule has 4 N–H and O–H groups in total. The Kier molecular flexibility index (Phi) is 7.68. The van der Waals surface area contributed by atoms with E-state index in [-0.39, 0.29) is 41.6 Å². The third kappa shape index (κ3) is 4.20. The molecular weight excluding hydrogens is 534 g/mol. The molecule has 8 heteroatoms. The molecule has 0 aliphatic heterocycles. The number of Topliss-reactive ketones (excluding diaryl/α,β-unsaturated/α-hetero) is 1. The maximum absolute atomic E-state index is 14.3.